The van der Waals surface area contributed by atoms with Gasteiger partial charge in [0.2, 0.25) is 11.8 Å². The van der Waals surface area contributed by atoms with Crippen molar-refractivity contribution in [3.8, 4) is 0 Å². The number of carbonyl (C=O) groups excluding carboxylic acids is 4. The number of nitrogens with two attached hydrogens (primary N) is 1. The van der Waals surface area contributed by atoms with Crippen LogP contribution in [-0.4, -0.2) is 51.5 Å². The number of primary amides is 1. The summed E-state index contributed by atoms with van der Waals surface area (Å²) in [6.45, 7) is 3.37. The van der Waals surface area contributed by atoms with Gasteiger partial charge in [-0.1, -0.05) is 31.1 Å². The molecule has 1 saturated carbocycles. The van der Waals surface area contributed by atoms with E-state index in [1.165, 1.54) is 23.1 Å². The van der Waals surface area contributed by atoms with E-state index in [-0.39, 0.29) is 24.1 Å². The number of rotatable bonds is 6. The van der Waals surface area contributed by atoms with E-state index >= 15 is 0 Å². The van der Waals surface area contributed by atoms with Crippen LogP contribution >= 0.6 is 23.1 Å². The van der Waals surface area contributed by atoms with Gasteiger partial charge in [0.15, 0.2) is 5.13 Å². The van der Waals surface area contributed by atoms with Crippen LogP contribution in [0.2, 0.25) is 0 Å². The molecule has 1 spiro atoms. The van der Waals surface area contributed by atoms with Crippen LogP contribution in [0.4, 0.5) is 9.93 Å². The molecule has 11 heteroatoms. The average molecular weight is 426 g/mol. The van der Waals surface area contributed by atoms with Gasteiger partial charge >= 0.3 is 6.03 Å². The lowest BCUT2D eigenvalue weighted by atomic mass is 9.73. The highest BCUT2D eigenvalue weighted by molar-refractivity contribution is 8.01. The molecule has 2 unspecified atom stereocenters. The molecule has 1 aliphatic carbocycles. The van der Waals surface area contributed by atoms with Gasteiger partial charge in [-0.2, -0.15) is 0 Å². The summed E-state index contributed by atoms with van der Waals surface area (Å²) in [5, 5.41) is 5.80. The van der Waals surface area contributed by atoms with E-state index in [2.05, 4.69) is 15.6 Å². The molecule has 2 aliphatic rings. The first kappa shape index (κ1) is 20.6. The molecular formula is C17H23N5O4S2. The number of carbonyl (C=O) groups is 4. The second-order valence-electron chi connectivity index (χ2n) is 7.13. The van der Waals surface area contributed by atoms with E-state index in [4.69, 9.17) is 5.73 Å². The number of thiazole rings is 1. The maximum atomic E-state index is 12.9. The first-order chi connectivity index (χ1) is 13.2. The van der Waals surface area contributed by atoms with Crippen molar-refractivity contribution in [3.05, 3.63) is 5.69 Å². The number of imide groups is 1. The van der Waals surface area contributed by atoms with Crippen molar-refractivity contribution in [1.29, 1.82) is 0 Å². The standard InChI is InChI=1S/C17H23N5O4S2/c1-9-5-3-4-6-17(9)14(25)22(16(26)21-17)7-12(24)20-15-19-10(2)13(28-15)27-8-11(18)23/h9H,3-8H2,1-2H3,(H2,18,23)(H,21,26)(H,19,20,24). The topological polar surface area (TPSA) is 134 Å². The van der Waals surface area contributed by atoms with Crippen LogP contribution in [0.3, 0.4) is 0 Å². The van der Waals surface area contributed by atoms with Crippen molar-refractivity contribution in [2.24, 2.45) is 11.7 Å². The molecule has 2 fully saturated rings. The fourth-order valence-corrected chi connectivity index (χ4v) is 5.54. The summed E-state index contributed by atoms with van der Waals surface area (Å²) in [4.78, 5) is 53.8. The van der Waals surface area contributed by atoms with E-state index in [9.17, 15) is 19.2 Å². The largest absolute Gasteiger partial charge is 0.369 e. The van der Waals surface area contributed by atoms with Crippen molar-refractivity contribution in [2.45, 2.75) is 49.3 Å². The van der Waals surface area contributed by atoms with Crippen LogP contribution in [0.25, 0.3) is 0 Å². The lowest BCUT2D eigenvalue weighted by molar-refractivity contribution is -0.136. The van der Waals surface area contributed by atoms with Gasteiger partial charge in [-0.25, -0.2) is 9.78 Å². The van der Waals surface area contributed by atoms with Crippen molar-refractivity contribution in [1.82, 2.24) is 15.2 Å². The van der Waals surface area contributed by atoms with E-state index in [1.807, 2.05) is 6.92 Å². The number of nitrogens with zero attached hydrogens (tertiary/aromatic N) is 2. The van der Waals surface area contributed by atoms with Crippen LogP contribution in [-0.2, 0) is 14.4 Å². The van der Waals surface area contributed by atoms with E-state index in [0.717, 1.165) is 28.4 Å². The third-order valence-corrected chi connectivity index (χ3v) is 7.61. The highest BCUT2D eigenvalue weighted by atomic mass is 32.2. The number of aryl methyl sites for hydroxylation is 1. The fourth-order valence-electron chi connectivity index (χ4n) is 3.65. The highest BCUT2D eigenvalue weighted by Gasteiger charge is 2.55. The Morgan fingerprint density at radius 3 is 2.86 bits per heavy atom. The molecule has 1 aromatic rings. The van der Waals surface area contributed by atoms with Crippen molar-refractivity contribution in [2.75, 3.05) is 17.6 Å². The Labute approximate surface area is 170 Å². The Kier molecular flexibility index (Phi) is 5.94. The molecular weight excluding hydrogens is 402 g/mol. The number of hydrogen-bond acceptors (Lipinski definition) is 7. The Morgan fingerprint density at radius 1 is 1.43 bits per heavy atom. The SMILES string of the molecule is Cc1nc(NC(=O)CN2C(=O)NC3(CCCCC3C)C2=O)sc1SCC(N)=O. The van der Waals surface area contributed by atoms with E-state index < -0.39 is 23.4 Å². The molecule has 1 aliphatic heterocycles. The van der Waals surface area contributed by atoms with Crippen LogP contribution in [0.5, 0.6) is 0 Å². The number of amides is 5. The normalized spacial score (nSPS) is 24.5. The van der Waals surface area contributed by atoms with Crippen molar-refractivity contribution in [3.63, 3.8) is 0 Å². The zero-order valence-electron chi connectivity index (χ0n) is 15.7. The lowest BCUT2D eigenvalue weighted by Crippen LogP contribution is -2.54. The molecule has 0 bridgehead atoms. The Bertz CT molecular complexity index is 826. The molecule has 1 aromatic heterocycles. The predicted octanol–water partition coefficient (Wildman–Crippen LogP) is 1.47. The minimum absolute atomic E-state index is 0.0391. The summed E-state index contributed by atoms with van der Waals surface area (Å²) in [5.74, 6) is -1.10. The molecule has 152 valence electrons. The van der Waals surface area contributed by atoms with Crippen LogP contribution in [0.15, 0.2) is 4.21 Å². The molecule has 1 saturated heterocycles. The third-order valence-electron chi connectivity index (χ3n) is 5.15. The summed E-state index contributed by atoms with van der Waals surface area (Å²) in [5.41, 5.74) is 4.94. The van der Waals surface area contributed by atoms with Gasteiger partial charge in [-0.3, -0.25) is 19.3 Å². The smallest absolute Gasteiger partial charge is 0.325 e. The monoisotopic (exact) mass is 425 g/mol. The summed E-state index contributed by atoms with van der Waals surface area (Å²) in [6, 6.07) is -0.526. The minimum Gasteiger partial charge on any atom is -0.369 e. The first-order valence-corrected chi connectivity index (χ1v) is 10.9. The fraction of sp³-hybridized carbons (Fsp3) is 0.588. The molecule has 2 heterocycles. The predicted molar refractivity (Wildman–Crippen MR) is 106 cm³/mol. The van der Waals surface area contributed by atoms with Gasteiger partial charge in [0.25, 0.3) is 5.91 Å². The number of urea groups is 1. The molecule has 2 atom stereocenters. The Morgan fingerprint density at radius 2 is 2.18 bits per heavy atom. The van der Waals surface area contributed by atoms with Gasteiger partial charge in [0.05, 0.1) is 15.7 Å². The first-order valence-electron chi connectivity index (χ1n) is 9.05. The van der Waals surface area contributed by atoms with Crippen molar-refractivity contribution >= 4 is 52.0 Å². The number of nitrogens with one attached hydrogen (secondary N) is 2. The van der Waals surface area contributed by atoms with Gasteiger partial charge in [-0.05, 0) is 25.7 Å². The Balaban J connectivity index is 1.63. The van der Waals surface area contributed by atoms with E-state index in [1.54, 1.807) is 6.92 Å². The molecule has 4 N–H and O–H groups in total. The zero-order chi connectivity index (χ0) is 20.5. The zero-order valence-corrected chi connectivity index (χ0v) is 17.4. The van der Waals surface area contributed by atoms with Crippen LogP contribution < -0.4 is 16.4 Å². The summed E-state index contributed by atoms with van der Waals surface area (Å²) in [6.07, 6.45) is 3.38. The summed E-state index contributed by atoms with van der Waals surface area (Å²) < 4.78 is 0.777. The van der Waals surface area contributed by atoms with Gasteiger partial charge < -0.3 is 16.4 Å². The van der Waals surface area contributed by atoms with Gasteiger partial charge in [-0.15, -0.1) is 11.8 Å². The molecule has 9 nitrogen and oxygen atoms in total. The highest BCUT2D eigenvalue weighted by Crippen LogP contribution is 2.38. The number of thioether (sulfide) groups is 1. The number of aromatic nitrogens is 1. The van der Waals surface area contributed by atoms with Crippen molar-refractivity contribution < 1.29 is 19.2 Å². The maximum Gasteiger partial charge on any atom is 0.325 e. The van der Waals surface area contributed by atoms with E-state index in [0.29, 0.717) is 17.2 Å². The third kappa shape index (κ3) is 4.00. The van der Waals surface area contributed by atoms with Gasteiger partial charge in [0.1, 0.15) is 12.1 Å². The molecule has 0 aromatic carbocycles. The Hall–Kier alpha value is -2.14. The summed E-state index contributed by atoms with van der Waals surface area (Å²) in [7, 11) is 0. The molecule has 5 amide bonds. The van der Waals surface area contributed by atoms with Crippen LogP contribution in [0, 0.1) is 12.8 Å². The molecule has 28 heavy (non-hydrogen) atoms. The molecule has 0 radical (unpaired) electrons. The minimum atomic E-state index is -0.883. The lowest BCUT2D eigenvalue weighted by Gasteiger charge is -2.36. The second kappa shape index (κ2) is 8.08. The molecule has 3 rings (SSSR count). The number of hydrogen-bond donors (Lipinski definition) is 3. The summed E-state index contributed by atoms with van der Waals surface area (Å²) >= 11 is 2.47. The average Bonchev–Trinajstić information content (AvgIpc) is 3.08. The second-order valence-corrected chi connectivity index (χ2v) is 9.38. The quantitative estimate of drug-likeness (QED) is 0.467. The van der Waals surface area contributed by atoms with Gasteiger partial charge in [0, 0.05) is 0 Å². The number of anilines is 1. The van der Waals surface area contributed by atoms with Crippen LogP contribution in [0.1, 0.15) is 38.3 Å². The maximum absolute atomic E-state index is 12.9.